The number of ether oxygens (including phenoxy) is 1. The van der Waals surface area contributed by atoms with Crippen molar-refractivity contribution in [3.05, 3.63) is 35.4 Å². The summed E-state index contributed by atoms with van der Waals surface area (Å²) in [6.07, 6.45) is 4.20. The van der Waals surface area contributed by atoms with Crippen molar-refractivity contribution in [2.24, 2.45) is 0 Å². The molecule has 3 rings (SSSR count). The molecule has 2 bridgehead atoms. The molecule has 4 heteroatoms. The minimum Gasteiger partial charge on any atom is -0.462 e. The molecule has 0 saturated carbocycles. The molecule has 1 N–H and O–H groups in total. The monoisotopic (exact) mass is 317 g/mol. The number of aryl methyl sites for hydroxylation is 1. The van der Waals surface area contributed by atoms with Crippen LogP contribution in [0.1, 0.15) is 43.7 Å². The highest BCUT2D eigenvalue weighted by molar-refractivity contribution is 5.83. The van der Waals surface area contributed by atoms with Gasteiger partial charge in [-0.3, -0.25) is 4.79 Å². The van der Waals surface area contributed by atoms with Crippen molar-refractivity contribution in [3.63, 3.8) is 0 Å². The minimum absolute atomic E-state index is 0.0208. The molecule has 0 amide bonds. The van der Waals surface area contributed by atoms with Gasteiger partial charge in [0.25, 0.3) is 0 Å². The first-order valence-corrected chi connectivity index (χ1v) is 8.55. The molecular weight excluding hydrogens is 290 g/mol. The Morgan fingerprint density at radius 2 is 1.83 bits per heavy atom. The number of aliphatic hydroxyl groups excluding tert-OH is 1. The largest absolute Gasteiger partial charge is 0.462 e. The lowest BCUT2D eigenvalue weighted by molar-refractivity contribution is -0.160. The standard InChI is InChI=1S/C19H27NO3/c1-13-4-6-14(7-5-13)19(2,12-21)18(22)23-17-10-15-8-9-16(11-17)20(15)3/h4-7,15-17,21H,8-12H2,1-3H3. The molecule has 2 fully saturated rings. The van der Waals surface area contributed by atoms with Gasteiger partial charge < -0.3 is 14.7 Å². The molecule has 2 saturated heterocycles. The quantitative estimate of drug-likeness (QED) is 0.867. The van der Waals surface area contributed by atoms with Gasteiger partial charge in [0, 0.05) is 12.1 Å². The maximum absolute atomic E-state index is 12.8. The highest BCUT2D eigenvalue weighted by Crippen LogP contribution is 2.36. The van der Waals surface area contributed by atoms with Crippen molar-refractivity contribution < 1.29 is 14.6 Å². The van der Waals surface area contributed by atoms with E-state index in [-0.39, 0.29) is 18.7 Å². The van der Waals surface area contributed by atoms with E-state index in [4.69, 9.17) is 4.74 Å². The second kappa shape index (κ2) is 6.25. The summed E-state index contributed by atoms with van der Waals surface area (Å²) in [6.45, 7) is 3.53. The second-order valence-corrected chi connectivity index (χ2v) is 7.41. The summed E-state index contributed by atoms with van der Waals surface area (Å²) in [5.74, 6) is -0.308. The summed E-state index contributed by atoms with van der Waals surface area (Å²) in [5.41, 5.74) is 0.955. The van der Waals surface area contributed by atoms with Crippen molar-refractivity contribution in [2.45, 2.75) is 63.1 Å². The SMILES string of the molecule is Cc1ccc(C(C)(CO)C(=O)OC2CC3CCC(C2)N3C)cc1. The molecule has 3 atom stereocenters. The van der Waals surface area contributed by atoms with Crippen molar-refractivity contribution >= 4 is 5.97 Å². The number of piperidine rings is 1. The molecule has 1 aromatic carbocycles. The maximum atomic E-state index is 12.8. The van der Waals surface area contributed by atoms with Crippen LogP contribution in [0.4, 0.5) is 0 Å². The van der Waals surface area contributed by atoms with Crippen molar-refractivity contribution in [1.29, 1.82) is 0 Å². The minimum atomic E-state index is -0.990. The van der Waals surface area contributed by atoms with Gasteiger partial charge in [0.05, 0.1) is 6.61 Å². The van der Waals surface area contributed by atoms with Crippen LogP contribution in [0.15, 0.2) is 24.3 Å². The van der Waals surface area contributed by atoms with E-state index in [9.17, 15) is 9.90 Å². The fourth-order valence-electron chi connectivity index (χ4n) is 3.93. The molecule has 0 radical (unpaired) electrons. The van der Waals surface area contributed by atoms with Crippen LogP contribution in [0, 0.1) is 6.92 Å². The number of benzene rings is 1. The third-order valence-electron chi connectivity index (χ3n) is 5.78. The van der Waals surface area contributed by atoms with Crippen LogP contribution in [0.3, 0.4) is 0 Å². The van der Waals surface area contributed by atoms with Crippen LogP contribution in [0.5, 0.6) is 0 Å². The Kier molecular flexibility index (Phi) is 4.47. The van der Waals surface area contributed by atoms with Gasteiger partial charge in [-0.15, -0.1) is 0 Å². The van der Waals surface area contributed by atoms with Gasteiger partial charge in [-0.2, -0.15) is 0 Å². The van der Waals surface area contributed by atoms with Crippen LogP contribution in [-0.2, 0) is 14.9 Å². The molecular formula is C19H27NO3. The number of carbonyl (C=O) groups excluding carboxylic acids is 1. The zero-order chi connectivity index (χ0) is 16.6. The lowest BCUT2D eigenvalue weighted by Crippen LogP contribution is -2.46. The predicted molar refractivity (Wildman–Crippen MR) is 89.3 cm³/mol. The Morgan fingerprint density at radius 3 is 2.35 bits per heavy atom. The van der Waals surface area contributed by atoms with Crippen LogP contribution < -0.4 is 0 Å². The third kappa shape index (κ3) is 3.02. The van der Waals surface area contributed by atoms with Crippen LogP contribution in [0.2, 0.25) is 0 Å². The summed E-state index contributed by atoms with van der Waals surface area (Å²) in [5, 5.41) is 9.86. The zero-order valence-corrected chi connectivity index (χ0v) is 14.3. The summed E-state index contributed by atoms with van der Waals surface area (Å²) < 4.78 is 5.84. The summed E-state index contributed by atoms with van der Waals surface area (Å²) in [4.78, 5) is 15.2. The van der Waals surface area contributed by atoms with Gasteiger partial charge in [-0.25, -0.2) is 0 Å². The lowest BCUT2D eigenvalue weighted by Gasteiger charge is -2.37. The molecule has 3 unspecified atom stereocenters. The van der Waals surface area contributed by atoms with Crippen molar-refractivity contribution in [3.8, 4) is 0 Å². The van der Waals surface area contributed by atoms with Gasteiger partial charge in [-0.05, 0) is 52.1 Å². The Bertz CT molecular complexity index is 556. The highest BCUT2D eigenvalue weighted by Gasteiger charge is 2.43. The molecule has 2 heterocycles. The summed E-state index contributed by atoms with van der Waals surface area (Å²) in [6, 6.07) is 8.81. The van der Waals surface area contributed by atoms with E-state index in [1.165, 1.54) is 12.8 Å². The maximum Gasteiger partial charge on any atom is 0.318 e. The number of hydrogen-bond acceptors (Lipinski definition) is 4. The number of aliphatic hydroxyl groups is 1. The fraction of sp³-hybridized carbons (Fsp3) is 0.632. The highest BCUT2D eigenvalue weighted by atomic mass is 16.5. The smallest absolute Gasteiger partial charge is 0.318 e. The number of fused-ring (bicyclic) bond motifs is 2. The number of hydrogen-bond donors (Lipinski definition) is 1. The van der Waals surface area contributed by atoms with Gasteiger partial charge in [-0.1, -0.05) is 29.8 Å². The zero-order valence-electron chi connectivity index (χ0n) is 14.3. The average molecular weight is 317 g/mol. The van der Waals surface area contributed by atoms with Crippen LogP contribution in [0.25, 0.3) is 0 Å². The molecule has 1 aromatic rings. The van der Waals surface area contributed by atoms with E-state index in [0.29, 0.717) is 12.1 Å². The number of nitrogens with zero attached hydrogens (tertiary/aromatic N) is 1. The molecule has 0 spiro atoms. The number of carbonyl (C=O) groups is 1. The molecule has 2 aliphatic rings. The van der Waals surface area contributed by atoms with Crippen molar-refractivity contribution in [2.75, 3.05) is 13.7 Å². The van der Waals surface area contributed by atoms with E-state index >= 15 is 0 Å². The van der Waals surface area contributed by atoms with E-state index in [0.717, 1.165) is 24.0 Å². The summed E-state index contributed by atoms with van der Waals surface area (Å²) in [7, 11) is 2.17. The van der Waals surface area contributed by atoms with Gasteiger partial charge in [0.1, 0.15) is 11.5 Å². The topological polar surface area (TPSA) is 49.8 Å². The van der Waals surface area contributed by atoms with Crippen LogP contribution >= 0.6 is 0 Å². The molecule has 0 aromatic heterocycles. The predicted octanol–water partition coefficient (Wildman–Crippen LogP) is 2.41. The Morgan fingerprint density at radius 1 is 1.26 bits per heavy atom. The Labute approximate surface area is 138 Å². The first-order chi connectivity index (χ1) is 10.9. The van der Waals surface area contributed by atoms with E-state index in [1.807, 2.05) is 31.2 Å². The van der Waals surface area contributed by atoms with E-state index < -0.39 is 5.41 Å². The molecule has 126 valence electrons. The fourth-order valence-corrected chi connectivity index (χ4v) is 3.93. The van der Waals surface area contributed by atoms with E-state index in [2.05, 4.69) is 11.9 Å². The Balaban J connectivity index is 1.72. The van der Waals surface area contributed by atoms with Crippen LogP contribution in [-0.4, -0.2) is 47.8 Å². The van der Waals surface area contributed by atoms with Crippen molar-refractivity contribution in [1.82, 2.24) is 4.90 Å². The van der Waals surface area contributed by atoms with Gasteiger partial charge >= 0.3 is 5.97 Å². The van der Waals surface area contributed by atoms with E-state index in [1.54, 1.807) is 6.92 Å². The molecule has 0 aliphatic carbocycles. The number of esters is 1. The third-order valence-corrected chi connectivity index (χ3v) is 5.78. The average Bonchev–Trinajstić information content (AvgIpc) is 2.76. The van der Waals surface area contributed by atoms with Gasteiger partial charge in [0.15, 0.2) is 0 Å². The first kappa shape index (κ1) is 16.5. The Hall–Kier alpha value is -1.39. The summed E-state index contributed by atoms with van der Waals surface area (Å²) >= 11 is 0. The molecule has 23 heavy (non-hydrogen) atoms. The first-order valence-electron chi connectivity index (χ1n) is 8.55. The molecule has 4 nitrogen and oxygen atoms in total. The second-order valence-electron chi connectivity index (χ2n) is 7.41. The van der Waals surface area contributed by atoms with Gasteiger partial charge in [0.2, 0.25) is 0 Å². The normalized spacial score (nSPS) is 30.0. The lowest BCUT2D eigenvalue weighted by atomic mass is 9.83. The number of rotatable bonds is 4. The molecule has 2 aliphatic heterocycles.